The van der Waals surface area contributed by atoms with Crippen LogP contribution in [0.1, 0.15) is 18.7 Å². The lowest BCUT2D eigenvalue weighted by Crippen LogP contribution is -2.14. The number of hydrogen-bond donors (Lipinski definition) is 2. The van der Waals surface area contributed by atoms with E-state index in [1.807, 2.05) is 24.3 Å². The summed E-state index contributed by atoms with van der Waals surface area (Å²) < 4.78 is 16.3. The predicted octanol–water partition coefficient (Wildman–Crippen LogP) is 3.18. The quantitative estimate of drug-likeness (QED) is 0.531. The molecule has 0 aliphatic heterocycles. The maximum absolute atomic E-state index is 12.2. The number of aromatic nitrogens is 1. The lowest BCUT2D eigenvalue weighted by atomic mass is 10.2. The highest BCUT2D eigenvalue weighted by molar-refractivity contribution is 5.90. The summed E-state index contributed by atoms with van der Waals surface area (Å²) in [6, 6.07) is 14.3. The van der Waals surface area contributed by atoms with E-state index in [1.54, 1.807) is 37.6 Å². The molecule has 30 heavy (non-hydrogen) atoms. The topological polar surface area (TPSA) is 117 Å². The first-order valence-electron chi connectivity index (χ1n) is 9.43. The summed E-state index contributed by atoms with van der Waals surface area (Å²) in [5.74, 6) is 1.93. The number of amides is 2. The van der Waals surface area contributed by atoms with Gasteiger partial charge >= 0.3 is 0 Å². The molecule has 8 nitrogen and oxygen atoms in total. The molecule has 0 unspecified atom stereocenters. The Balaban J connectivity index is 1.46. The third kappa shape index (κ3) is 6.10. The number of nitrogens with one attached hydrogen (secondary N) is 1. The molecule has 0 radical (unpaired) electrons. The van der Waals surface area contributed by atoms with Crippen molar-refractivity contribution in [2.24, 2.45) is 5.73 Å². The molecule has 2 amide bonds. The Labute approximate surface area is 174 Å². The molecule has 0 bridgehead atoms. The second-order valence-corrected chi connectivity index (χ2v) is 6.48. The largest absolute Gasteiger partial charge is 0.497 e. The molecule has 3 N–H and O–H groups in total. The van der Waals surface area contributed by atoms with Crippen molar-refractivity contribution < 1.29 is 23.5 Å². The molecule has 1 heterocycles. The molecule has 3 aromatic rings. The van der Waals surface area contributed by atoms with E-state index in [9.17, 15) is 9.59 Å². The van der Waals surface area contributed by atoms with Gasteiger partial charge in [-0.25, -0.2) is 4.98 Å². The number of anilines is 1. The van der Waals surface area contributed by atoms with Crippen molar-refractivity contribution >= 4 is 17.5 Å². The predicted molar refractivity (Wildman–Crippen MR) is 111 cm³/mol. The van der Waals surface area contributed by atoms with E-state index >= 15 is 0 Å². The van der Waals surface area contributed by atoms with E-state index in [1.165, 1.54) is 0 Å². The van der Waals surface area contributed by atoms with Gasteiger partial charge in [-0.2, -0.15) is 0 Å². The number of carbonyl (C=O) groups is 2. The van der Waals surface area contributed by atoms with Gasteiger partial charge in [0, 0.05) is 24.1 Å². The van der Waals surface area contributed by atoms with Crippen molar-refractivity contribution in [1.29, 1.82) is 0 Å². The molecule has 8 heteroatoms. The number of hydrogen-bond acceptors (Lipinski definition) is 6. The number of aryl methyl sites for hydroxylation is 1. The van der Waals surface area contributed by atoms with E-state index in [0.29, 0.717) is 29.5 Å². The number of primary amides is 1. The molecule has 0 aliphatic carbocycles. The Kier molecular flexibility index (Phi) is 7.05. The van der Waals surface area contributed by atoms with Crippen LogP contribution >= 0.6 is 0 Å². The lowest BCUT2D eigenvalue weighted by Gasteiger charge is -2.07. The Bertz CT molecular complexity index is 981. The monoisotopic (exact) mass is 409 g/mol. The van der Waals surface area contributed by atoms with Crippen LogP contribution in [-0.4, -0.2) is 30.5 Å². The number of nitrogens with two attached hydrogens (primary N) is 1. The maximum Gasteiger partial charge on any atom is 0.224 e. The van der Waals surface area contributed by atoms with Crippen LogP contribution in [0.25, 0.3) is 11.3 Å². The summed E-state index contributed by atoms with van der Waals surface area (Å²) in [5, 5.41) is 2.81. The minimum absolute atomic E-state index is 0.151. The number of ether oxygens (including phenoxy) is 2. The third-order valence-electron chi connectivity index (χ3n) is 4.25. The number of oxazole rings is 1. The average Bonchev–Trinajstić information content (AvgIpc) is 3.22. The van der Waals surface area contributed by atoms with Crippen LogP contribution in [0.15, 0.2) is 59.1 Å². The van der Waals surface area contributed by atoms with Gasteiger partial charge in [0.25, 0.3) is 0 Å². The van der Waals surface area contributed by atoms with Gasteiger partial charge < -0.3 is 24.9 Å². The highest BCUT2D eigenvalue weighted by Gasteiger charge is 2.10. The zero-order chi connectivity index (χ0) is 21.3. The molecule has 0 atom stereocenters. The molecule has 1 aromatic heterocycles. The number of methoxy groups -OCH3 is 1. The van der Waals surface area contributed by atoms with Gasteiger partial charge in [0.2, 0.25) is 11.8 Å². The zero-order valence-corrected chi connectivity index (χ0v) is 16.6. The third-order valence-corrected chi connectivity index (χ3v) is 4.25. The number of nitrogens with zero attached hydrogens (tertiary/aromatic N) is 1. The van der Waals surface area contributed by atoms with Gasteiger partial charge in [-0.05, 0) is 48.5 Å². The Morgan fingerprint density at radius 3 is 2.40 bits per heavy atom. The summed E-state index contributed by atoms with van der Waals surface area (Å²) in [7, 11) is 1.61. The fraction of sp³-hybridized carbons (Fsp3) is 0.227. The number of carbonyl (C=O) groups excluding carboxylic acids is 2. The number of benzene rings is 2. The molecule has 0 saturated carbocycles. The van der Waals surface area contributed by atoms with E-state index in [4.69, 9.17) is 19.6 Å². The van der Waals surface area contributed by atoms with Crippen LogP contribution in [0.4, 0.5) is 5.69 Å². The van der Waals surface area contributed by atoms with Crippen LogP contribution in [0, 0.1) is 0 Å². The van der Waals surface area contributed by atoms with E-state index in [0.717, 1.165) is 11.3 Å². The molecule has 156 valence electrons. The normalized spacial score (nSPS) is 10.4. The van der Waals surface area contributed by atoms with Gasteiger partial charge in [0.1, 0.15) is 11.5 Å². The van der Waals surface area contributed by atoms with E-state index in [2.05, 4.69) is 10.3 Å². The number of rotatable bonds is 10. The van der Waals surface area contributed by atoms with Gasteiger partial charge in [-0.1, -0.05) is 0 Å². The molecule has 0 saturated heterocycles. The Morgan fingerprint density at radius 1 is 1.03 bits per heavy atom. The first kappa shape index (κ1) is 20.9. The lowest BCUT2D eigenvalue weighted by molar-refractivity contribution is -0.118. The summed E-state index contributed by atoms with van der Waals surface area (Å²) >= 11 is 0. The molecule has 0 aliphatic rings. The fourth-order valence-corrected chi connectivity index (χ4v) is 2.66. The summed E-state index contributed by atoms with van der Waals surface area (Å²) in [6.07, 6.45) is 2.42. The maximum atomic E-state index is 12.2. The van der Waals surface area contributed by atoms with Crippen LogP contribution in [0.3, 0.4) is 0 Å². The van der Waals surface area contributed by atoms with Gasteiger partial charge in [0.05, 0.1) is 26.3 Å². The second kappa shape index (κ2) is 10.1. The van der Waals surface area contributed by atoms with Crippen LogP contribution < -0.4 is 20.5 Å². The Morgan fingerprint density at radius 2 is 1.73 bits per heavy atom. The van der Waals surface area contributed by atoms with Gasteiger partial charge in [0.15, 0.2) is 11.7 Å². The van der Waals surface area contributed by atoms with Gasteiger partial charge in [-0.3, -0.25) is 9.59 Å². The van der Waals surface area contributed by atoms with Crippen molar-refractivity contribution in [2.75, 3.05) is 19.0 Å². The van der Waals surface area contributed by atoms with E-state index < -0.39 is 5.91 Å². The molecule has 3 rings (SSSR count). The van der Waals surface area contributed by atoms with Crippen molar-refractivity contribution in [3.63, 3.8) is 0 Å². The average molecular weight is 409 g/mol. The fourth-order valence-electron chi connectivity index (χ4n) is 2.66. The summed E-state index contributed by atoms with van der Waals surface area (Å²) in [6.45, 7) is 0.218. The summed E-state index contributed by atoms with van der Waals surface area (Å²) in [5.41, 5.74) is 6.60. The molecular formula is C22H23N3O5. The highest BCUT2D eigenvalue weighted by Crippen LogP contribution is 2.23. The van der Waals surface area contributed by atoms with Crippen molar-refractivity contribution in [3.05, 3.63) is 60.6 Å². The van der Waals surface area contributed by atoms with E-state index in [-0.39, 0.29) is 25.4 Å². The summed E-state index contributed by atoms with van der Waals surface area (Å²) in [4.78, 5) is 27.1. The van der Waals surface area contributed by atoms with Crippen molar-refractivity contribution in [3.8, 4) is 22.8 Å². The second-order valence-electron chi connectivity index (χ2n) is 6.48. The Hall–Kier alpha value is -3.81. The highest BCUT2D eigenvalue weighted by atomic mass is 16.5. The first-order chi connectivity index (χ1) is 14.5. The smallest absolute Gasteiger partial charge is 0.224 e. The molecule has 0 spiro atoms. The standard InChI is InChI=1S/C22H23N3O5/c1-28-17-6-2-15(3-7-17)19-14-24-22(30-19)11-10-21(27)25-16-4-8-18(9-5-16)29-13-12-20(23)26/h2-9,14H,10-13H2,1H3,(H2,23,26)(H,25,27). The SMILES string of the molecule is COc1ccc(-c2cnc(CCC(=O)Nc3ccc(OCCC(N)=O)cc3)o2)cc1. The first-order valence-corrected chi connectivity index (χ1v) is 9.43. The van der Waals surface area contributed by atoms with Crippen LogP contribution in [0.5, 0.6) is 11.5 Å². The van der Waals surface area contributed by atoms with Gasteiger partial charge in [-0.15, -0.1) is 0 Å². The molecule has 0 fully saturated rings. The van der Waals surface area contributed by atoms with Crippen molar-refractivity contribution in [2.45, 2.75) is 19.3 Å². The minimum Gasteiger partial charge on any atom is -0.497 e. The van der Waals surface area contributed by atoms with Crippen molar-refractivity contribution in [1.82, 2.24) is 4.98 Å². The van der Waals surface area contributed by atoms with Crippen LogP contribution in [0.2, 0.25) is 0 Å². The molecule has 2 aromatic carbocycles. The zero-order valence-electron chi connectivity index (χ0n) is 16.6. The molecular weight excluding hydrogens is 386 g/mol. The minimum atomic E-state index is -0.416. The van der Waals surface area contributed by atoms with Crippen LogP contribution in [-0.2, 0) is 16.0 Å².